The van der Waals surface area contributed by atoms with Crippen molar-refractivity contribution in [1.29, 1.82) is 0 Å². The summed E-state index contributed by atoms with van der Waals surface area (Å²) in [5, 5.41) is 3.20. The fourth-order valence-electron chi connectivity index (χ4n) is 3.77. The molecule has 1 unspecified atom stereocenters. The summed E-state index contributed by atoms with van der Waals surface area (Å²) in [5.41, 5.74) is 4.03. The Labute approximate surface area is 137 Å². The third-order valence-corrected chi connectivity index (χ3v) is 4.69. The number of rotatable bonds is 3. The zero-order valence-electron chi connectivity index (χ0n) is 14.7. The van der Waals surface area contributed by atoms with Gasteiger partial charge in [0.05, 0.1) is 11.3 Å². The first kappa shape index (κ1) is 15.8. The number of aromatic nitrogens is 3. The average Bonchev–Trinajstić information content (AvgIpc) is 2.97. The molecular weight excluding hydrogens is 288 g/mol. The zero-order valence-corrected chi connectivity index (χ0v) is 14.7. The van der Waals surface area contributed by atoms with E-state index < -0.39 is 0 Å². The van der Waals surface area contributed by atoms with Gasteiger partial charge in [0, 0.05) is 42.6 Å². The molecule has 2 aromatic heterocycles. The van der Waals surface area contributed by atoms with Crippen molar-refractivity contribution in [1.82, 2.24) is 19.4 Å². The molecule has 2 aromatic rings. The number of nitrogens with one attached hydrogen (secondary N) is 1. The van der Waals surface area contributed by atoms with Crippen LogP contribution in [-0.4, -0.2) is 26.1 Å². The van der Waals surface area contributed by atoms with Crippen LogP contribution in [0.5, 0.6) is 0 Å². The molecule has 3 rings (SSSR count). The second-order valence-electron chi connectivity index (χ2n) is 6.91. The van der Waals surface area contributed by atoms with Gasteiger partial charge in [-0.2, -0.15) is 0 Å². The van der Waals surface area contributed by atoms with Crippen LogP contribution in [0.25, 0.3) is 0 Å². The highest BCUT2D eigenvalue weighted by Crippen LogP contribution is 2.21. The Morgan fingerprint density at radius 3 is 2.74 bits per heavy atom. The summed E-state index contributed by atoms with van der Waals surface area (Å²) in [5.74, 6) is 1.17. The Kier molecular flexibility index (Phi) is 4.04. The summed E-state index contributed by atoms with van der Waals surface area (Å²) in [7, 11) is 0. The number of hydrogen-bond donors (Lipinski definition) is 1. The number of amides is 1. The second kappa shape index (κ2) is 5.87. The molecular formula is C18H26N4O. The van der Waals surface area contributed by atoms with E-state index in [9.17, 15) is 4.79 Å². The number of aryl methyl sites for hydroxylation is 3. The highest BCUT2D eigenvalue weighted by Gasteiger charge is 2.23. The number of carbonyl (C=O) groups is 1. The third-order valence-electron chi connectivity index (χ3n) is 4.69. The Balaban J connectivity index is 1.74. The molecule has 5 nitrogen and oxygen atoms in total. The minimum absolute atomic E-state index is 0.0373. The van der Waals surface area contributed by atoms with Gasteiger partial charge in [0.25, 0.3) is 5.91 Å². The van der Waals surface area contributed by atoms with E-state index in [0.29, 0.717) is 6.04 Å². The van der Waals surface area contributed by atoms with Gasteiger partial charge in [-0.3, -0.25) is 4.79 Å². The van der Waals surface area contributed by atoms with E-state index >= 15 is 0 Å². The number of fused-ring (bicyclic) bond motifs is 1. The van der Waals surface area contributed by atoms with Gasteiger partial charge in [0.15, 0.2) is 0 Å². The van der Waals surface area contributed by atoms with E-state index in [1.807, 2.05) is 19.9 Å². The third kappa shape index (κ3) is 2.92. The van der Waals surface area contributed by atoms with Crippen molar-refractivity contribution in [2.45, 2.75) is 66.1 Å². The molecule has 0 aliphatic carbocycles. The minimum Gasteiger partial charge on any atom is -0.347 e. The summed E-state index contributed by atoms with van der Waals surface area (Å²) in [4.78, 5) is 17.2. The highest BCUT2D eigenvalue weighted by molar-refractivity contribution is 5.95. The van der Waals surface area contributed by atoms with Crippen molar-refractivity contribution >= 4 is 5.91 Å². The SMILES string of the molecule is Cc1cn2c(n1)CCC(NC(=O)c1cc(C)n(C(C)C)c1C)C2. The fraction of sp³-hybridized carbons (Fsp3) is 0.556. The molecule has 1 aliphatic heterocycles. The van der Waals surface area contributed by atoms with Crippen LogP contribution in [0.4, 0.5) is 0 Å². The Morgan fingerprint density at radius 2 is 2.09 bits per heavy atom. The standard InChI is InChI=1S/C18H26N4O/c1-11(2)22-13(4)8-16(14(22)5)18(23)20-15-6-7-17-19-12(3)9-21(17)10-15/h8-9,11,15H,6-7,10H2,1-5H3,(H,20,23). The Bertz CT molecular complexity index is 739. The van der Waals surface area contributed by atoms with E-state index in [1.165, 1.54) is 0 Å². The predicted molar refractivity (Wildman–Crippen MR) is 90.8 cm³/mol. The maximum atomic E-state index is 12.7. The van der Waals surface area contributed by atoms with Crippen LogP contribution < -0.4 is 5.32 Å². The molecule has 23 heavy (non-hydrogen) atoms. The number of hydrogen-bond acceptors (Lipinski definition) is 2. The van der Waals surface area contributed by atoms with Crippen LogP contribution in [0.2, 0.25) is 0 Å². The Hall–Kier alpha value is -2.04. The van der Waals surface area contributed by atoms with Crippen LogP contribution >= 0.6 is 0 Å². The largest absolute Gasteiger partial charge is 0.347 e. The number of nitrogens with zero attached hydrogens (tertiary/aromatic N) is 3. The highest BCUT2D eigenvalue weighted by atomic mass is 16.1. The summed E-state index contributed by atoms with van der Waals surface area (Å²) in [6, 6.07) is 2.54. The van der Waals surface area contributed by atoms with Gasteiger partial charge < -0.3 is 14.5 Å². The molecule has 0 spiro atoms. The van der Waals surface area contributed by atoms with Gasteiger partial charge in [-0.25, -0.2) is 4.98 Å². The van der Waals surface area contributed by atoms with Crippen molar-refractivity contribution < 1.29 is 4.79 Å². The molecule has 0 fully saturated rings. The summed E-state index contributed by atoms with van der Waals surface area (Å²) >= 11 is 0. The molecule has 0 aromatic carbocycles. The van der Waals surface area contributed by atoms with Crippen molar-refractivity contribution in [3.63, 3.8) is 0 Å². The molecule has 5 heteroatoms. The predicted octanol–water partition coefficient (Wildman–Crippen LogP) is 2.94. The van der Waals surface area contributed by atoms with E-state index in [-0.39, 0.29) is 11.9 Å². The van der Waals surface area contributed by atoms with Crippen molar-refractivity contribution in [3.8, 4) is 0 Å². The topological polar surface area (TPSA) is 51.9 Å². The first-order valence-electron chi connectivity index (χ1n) is 8.38. The maximum Gasteiger partial charge on any atom is 0.253 e. The van der Waals surface area contributed by atoms with Gasteiger partial charge in [0.1, 0.15) is 5.82 Å². The van der Waals surface area contributed by atoms with Crippen molar-refractivity contribution in [2.24, 2.45) is 0 Å². The molecule has 0 saturated heterocycles. The van der Waals surface area contributed by atoms with Crippen molar-refractivity contribution in [2.75, 3.05) is 0 Å². The normalized spacial score (nSPS) is 17.4. The lowest BCUT2D eigenvalue weighted by molar-refractivity contribution is 0.0927. The van der Waals surface area contributed by atoms with E-state index in [2.05, 4.69) is 46.4 Å². The van der Waals surface area contributed by atoms with E-state index in [1.54, 1.807) is 0 Å². The van der Waals surface area contributed by atoms with Crippen molar-refractivity contribution in [3.05, 3.63) is 40.7 Å². The van der Waals surface area contributed by atoms with Gasteiger partial charge in [-0.1, -0.05) is 0 Å². The molecule has 3 heterocycles. The smallest absolute Gasteiger partial charge is 0.253 e. The number of imidazole rings is 1. The second-order valence-corrected chi connectivity index (χ2v) is 6.91. The molecule has 0 bridgehead atoms. The molecule has 1 atom stereocenters. The lowest BCUT2D eigenvalue weighted by Gasteiger charge is -2.24. The van der Waals surface area contributed by atoms with E-state index in [0.717, 1.165) is 47.9 Å². The lowest BCUT2D eigenvalue weighted by atomic mass is 10.1. The van der Waals surface area contributed by atoms with E-state index in [4.69, 9.17) is 0 Å². The van der Waals surface area contributed by atoms with Crippen LogP contribution in [0.15, 0.2) is 12.3 Å². The molecule has 124 valence electrons. The lowest BCUT2D eigenvalue weighted by Crippen LogP contribution is -2.41. The van der Waals surface area contributed by atoms with Crippen LogP contribution in [0, 0.1) is 20.8 Å². The van der Waals surface area contributed by atoms with Gasteiger partial charge in [-0.05, 0) is 47.1 Å². The van der Waals surface area contributed by atoms with Gasteiger partial charge in [0.2, 0.25) is 0 Å². The summed E-state index contributed by atoms with van der Waals surface area (Å²) in [6.07, 6.45) is 3.94. The zero-order chi connectivity index (χ0) is 16.7. The first-order valence-corrected chi connectivity index (χ1v) is 8.38. The molecule has 1 aliphatic rings. The Morgan fingerprint density at radius 1 is 1.35 bits per heavy atom. The van der Waals surface area contributed by atoms with Gasteiger partial charge in [-0.15, -0.1) is 0 Å². The molecule has 1 amide bonds. The fourth-order valence-corrected chi connectivity index (χ4v) is 3.77. The average molecular weight is 314 g/mol. The molecule has 0 saturated carbocycles. The quantitative estimate of drug-likeness (QED) is 0.947. The molecule has 1 N–H and O–H groups in total. The van der Waals surface area contributed by atoms with Gasteiger partial charge >= 0.3 is 0 Å². The van der Waals surface area contributed by atoms with Crippen LogP contribution in [0.1, 0.15) is 59.6 Å². The maximum absolute atomic E-state index is 12.7. The summed E-state index contributed by atoms with van der Waals surface area (Å²) < 4.78 is 4.38. The van der Waals surface area contributed by atoms with Crippen LogP contribution in [-0.2, 0) is 13.0 Å². The minimum atomic E-state index is 0.0373. The first-order chi connectivity index (χ1) is 10.9. The monoisotopic (exact) mass is 314 g/mol. The number of carbonyl (C=O) groups excluding carboxylic acids is 1. The van der Waals surface area contributed by atoms with Crippen LogP contribution in [0.3, 0.4) is 0 Å². The summed E-state index contributed by atoms with van der Waals surface area (Å²) in [6.45, 7) is 11.2. The molecule has 0 radical (unpaired) electrons.